The largest absolute Gasteiger partial charge is 0.497 e. The Morgan fingerprint density at radius 3 is 2.58 bits per heavy atom. The second-order valence-electron chi connectivity index (χ2n) is 11.3. The number of amides is 3. The standard InChI is InChI=1S/C31H44N4O5/c1-21-17-35(22(2)20-36)30(37)27-16-25(33-31(38)32-24-8-6-5-7-9-24)12-15-28(27)40-29(21)19-34(3)18-23-10-13-26(39-4)14-11-23/h10-16,21-22,24,29,36H,5-9,17-20H2,1-4H3,(H2,32,33,38)/t21-,22-,29-/m1/s1. The van der Waals surface area contributed by atoms with Crippen LogP contribution in [0.5, 0.6) is 11.5 Å². The summed E-state index contributed by atoms with van der Waals surface area (Å²) in [7, 11) is 3.71. The predicted molar refractivity (Wildman–Crippen MR) is 156 cm³/mol. The summed E-state index contributed by atoms with van der Waals surface area (Å²) in [5, 5.41) is 15.9. The second kappa shape index (κ2) is 13.9. The van der Waals surface area contributed by atoms with Gasteiger partial charge in [-0.2, -0.15) is 0 Å². The Bertz CT molecular complexity index is 1140. The molecule has 0 saturated heterocycles. The third-order valence-corrected chi connectivity index (χ3v) is 7.97. The predicted octanol–water partition coefficient (Wildman–Crippen LogP) is 4.50. The first-order valence-corrected chi connectivity index (χ1v) is 14.4. The van der Waals surface area contributed by atoms with Crippen LogP contribution in [-0.4, -0.2) is 78.9 Å². The number of methoxy groups -OCH3 is 1. The van der Waals surface area contributed by atoms with E-state index in [9.17, 15) is 14.7 Å². The van der Waals surface area contributed by atoms with E-state index in [1.165, 1.54) is 6.42 Å². The highest BCUT2D eigenvalue weighted by atomic mass is 16.5. The van der Waals surface area contributed by atoms with E-state index >= 15 is 0 Å². The average molecular weight is 553 g/mol. The first-order valence-electron chi connectivity index (χ1n) is 14.4. The van der Waals surface area contributed by atoms with Gasteiger partial charge in [0.1, 0.15) is 17.6 Å². The summed E-state index contributed by atoms with van der Waals surface area (Å²) in [4.78, 5) is 30.3. The second-order valence-corrected chi connectivity index (χ2v) is 11.3. The molecule has 3 amide bonds. The van der Waals surface area contributed by atoms with Gasteiger partial charge in [0.25, 0.3) is 5.91 Å². The fourth-order valence-electron chi connectivity index (χ4n) is 5.53. The molecule has 40 heavy (non-hydrogen) atoms. The molecule has 9 nitrogen and oxygen atoms in total. The number of nitrogens with one attached hydrogen (secondary N) is 2. The number of likely N-dealkylation sites (N-methyl/N-ethyl adjacent to an activating group) is 1. The van der Waals surface area contributed by atoms with Crippen LogP contribution in [-0.2, 0) is 6.54 Å². The molecule has 2 aliphatic rings. The zero-order chi connectivity index (χ0) is 28.6. The molecular weight excluding hydrogens is 508 g/mol. The molecule has 1 aliphatic carbocycles. The average Bonchev–Trinajstić information content (AvgIpc) is 2.95. The van der Waals surface area contributed by atoms with E-state index in [0.29, 0.717) is 30.1 Å². The number of nitrogens with zero attached hydrogens (tertiary/aromatic N) is 2. The summed E-state index contributed by atoms with van der Waals surface area (Å²) in [5.74, 6) is 1.10. The van der Waals surface area contributed by atoms with E-state index < -0.39 is 0 Å². The molecule has 2 aromatic carbocycles. The number of urea groups is 1. The lowest BCUT2D eigenvalue weighted by Gasteiger charge is -2.38. The van der Waals surface area contributed by atoms with Gasteiger partial charge in [-0.3, -0.25) is 9.69 Å². The van der Waals surface area contributed by atoms with Crippen LogP contribution in [0.3, 0.4) is 0 Å². The van der Waals surface area contributed by atoms with E-state index in [0.717, 1.165) is 43.5 Å². The van der Waals surface area contributed by atoms with Crippen LogP contribution in [0, 0.1) is 5.92 Å². The van der Waals surface area contributed by atoms with Crippen LogP contribution < -0.4 is 20.1 Å². The Morgan fingerprint density at radius 1 is 1.18 bits per heavy atom. The molecule has 1 aliphatic heterocycles. The molecule has 9 heteroatoms. The molecule has 1 fully saturated rings. The molecule has 3 N–H and O–H groups in total. The highest BCUT2D eigenvalue weighted by Crippen LogP contribution is 2.31. The highest BCUT2D eigenvalue weighted by Gasteiger charge is 2.33. The van der Waals surface area contributed by atoms with Crippen LogP contribution in [0.25, 0.3) is 0 Å². The van der Waals surface area contributed by atoms with Crippen LogP contribution in [0.2, 0.25) is 0 Å². The molecule has 1 saturated carbocycles. The van der Waals surface area contributed by atoms with E-state index in [-0.39, 0.29) is 42.7 Å². The third-order valence-electron chi connectivity index (χ3n) is 7.97. The minimum absolute atomic E-state index is 0.0171. The van der Waals surface area contributed by atoms with Crippen LogP contribution in [0.1, 0.15) is 61.9 Å². The monoisotopic (exact) mass is 552 g/mol. The van der Waals surface area contributed by atoms with Crippen molar-refractivity contribution in [2.75, 3.05) is 39.2 Å². The number of carbonyl (C=O) groups is 2. The van der Waals surface area contributed by atoms with Gasteiger partial charge >= 0.3 is 6.03 Å². The molecule has 1 heterocycles. The van der Waals surface area contributed by atoms with Crippen molar-refractivity contribution in [1.82, 2.24) is 15.1 Å². The van der Waals surface area contributed by atoms with Crippen LogP contribution >= 0.6 is 0 Å². The molecule has 0 unspecified atom stereocenters. The summed E-state index contributed by atoms with van der Waals surface area (Å²) in [5.41, 5.74) is 2.07. The van der Waals surface area contributed by atoms with Crippen molar-refractivity contribution >= 4 is 17.6 Å². The Kier molecular flexibility index (Phi) is 10.3. The van der Waals surface area contributed by atoms with Gasteiger partial charge in [0, 0.05) is 37.3 Å². The maximum Gasteiger partial charge on any atom is 0.319 e. The Hall–Kier alpha value is -3.30. The molecule has 0 radical (unpaired) electrons. The van der Waals surface area contributed by atoms with Crippen molar-refractivity contribution < 1.29 is 24.2 Å². The Morgan fingerprint density at radius 2 is 1.90 bits per heavy atom. The van der Waals surface area contributed by atoms with Gasteiger partial charge < -0.3 is 30.1 Å². The number of ether oxygens (including phenoxy) is 2. The number of rotatable bonds is 9. The summed E-state index contributed by atoms with van der Waals surface area (Å²) >= 11 is 0. The molecule has 2 aromatic rings. The number of carbonyl (C=O) groups excluding carboxylic acids is 2. The summed E-state index contributed by atoms with van der Waals surface area (Å²) in [6, 6.07) is 12.8. The van der Waals surface area contributed by atoms with Crippen LogP contribution in [0.4, 0.5) is 10.5 Å². The molecule has 4 rings (SSSR count). The smallest absolute Gasteiger partial charge is 0.319 e. The van der Waals surface area contributed by atoms with Gasteiger partial charge in [-0.05, 0) is 62.7 Å². The van der Waals surface area contributed by atoms with Crippen LogP contribution in [0.15, 0.2) is 42.5 Å². The fourth-order valence-corrected chi connectivity index (χ4v) is 5.53. The molecule has 0 bridgehead atoms. The topological polar surface area (TPSA) is 103 Å². The van der Waals surface area contributed by atoms with E-state index in [4.69, 9.17) is 9.47 Å². The number of aliphatic hydroxyl groups is 1. The quantitative estimate of drug-likeness (QED) is 0.423. The molecule has 0 aromatic heterocycles. The number of hydrogen-bond donors (Lipinski definition) is 3. The lowest BCUT2D eigenvalue weighted by molar-refractivity contribution is 0.0341. The first-order chi connectivity index (χ1) is 19.3. The van der Waals surface area contributed by atoms with Gasteiger partial charge in [0.05, 0.1) is 25.3 Å². The number of benzene rings is 2. The number of aliphatic hydroxyl groups excluding tert-OH is 1. The van der Waals surface area contributed by atoms with Gasteiger partial charge in [0.15, 0.2) is 0 Å². The fraction of sp³-hybridized carbons (Fsp3) is 0.548. The zero-order valence-electron chi connectivity index (χ0n) is 24.2. The Labute approximate surface area is 237 Å². The molecule has 218 valence electrons. The van der Waals surface area contributed by atoms with Gasteiger partial charge in [-0.25, -0.2) is 4.79 Å². The van der Waals surface area contributed by atoms with Crippen molar-refractivity contribution in [1.29, 1.82) is 0 Å². The first kappa shape index (κ1) is 29.7. The highest BCUT2D eigenvalue weighted by molar-refractivity contribution is 5.99. The maximum atomic E-state index is 13.7. The van der Waals surface area contributed by atoms with E-state index in [2.05, 4.69) is 41.6 Å². The summed E-state index contributed by atoms with van der Waals surface area (Å²) in [6.07, 6.45) is 5.26. The number of anilines is 1. The number of fused-ring (bicyclic) bond motifs is 1. The van der Waals surface area contributed by atoms with Crippen molar-refractivity contribution in [2.45, 2.75) is 70.7 Å². The van der Waals surface area contributed by atoms with Gasteiger partial charge in [0.2, 0.25) is 0 Å². The summed E-state index contributed by atoms with van der Waals surface area (Å²) < 4.78 is 11.8. The maximum absolute atomic E-state index is 13.7. The lowest BCUT2D eigenvalue weighted by atomic mass is 9.96. The molecule has 3 atom stereocenters. The normalized spacial score (nSPS) is 20.6. The van der Waals surface area contributed by atoms with Gasteiger partial charge in [-0.1, -0.05) is 38.3 Å². The van der Waals surface area contributed by atoms with E-state index in [1.54, 1.807) is 30.2 Å². The third kappa shape index (κ3) is 7.67. The van der Waals surface area contributed by atoms with Crippen molar-refractivity contribution in [3.63, 3.8) is 0 Å². The SMILES string of the molecule is COc1ccc(CN(C)C[C@H]2Oc3ccc(NC(=O)NC4CCCCC4)cc3C(=O)N([C@H](C)CO)C[C@H]2C)cc1. The van der Waals surface area contributed by atoms with Crippen molar-refractivity contribution in [3.05, 3.63) is 53.6 Å². The zero-order valence-corrected chi connectivity index (χ0v) is 24.2. The Balaban J connectivity index is 1.52. The molecular formula is C31H44N4O5. The minimum Gasteiger partial charge on any atom is -0.497 e. The lowest BCUT2D eigenvalue weighted by Crippen LogP contribution is -2.49. The number of hydrogen-bond acceptors (Lipinski definition) is 6. The van der Waals surface area contributed by atoms with E-state index in [1.807, 2.05) is 19.1 Å². The van der Waals surface area contributed by atoms with Gasteiger partial charge in [-0.15, -0.1) is 0 Å². The van der Waals surface area contributed by atoms with Crippen molar-refractivity contribution in [3.8, 4) is 11.5 Å². The summed E-state index contributed by atoms with van der Waals surface area (Å²) in [6.45, 7) is 5.60. The van der Waals surface area contributed by atoms with Crippen molar-refractivity contribution in [2.24, 2.45) is 5.92 Å². The molecule has 0 spiro atoms. The minimum atomic E-state index is -0.357.